The lowest BCUT2D eigenvalue weighted by Crippen LogP contribution is -2.49. The first kappa shape index (κ1) is 34.5. The molecule has 0 saturated carbocycles. The summed E-state index contributed by atoms with van der Waals surface area (Å²) >= 11 is 0. The standard InChI is InChI=1S/C40H42N3O4P/c41-38(22-21-29-13-5-1-6-14-29)48(46,47)28-36(40(45)43-37(39(42)44)26-30-15-7-2-8-16-30)25-31-23-34(32-17-9-3-10-18-32)27-35(24-31)33-19-11-4-12-20-33/h1-20,23-24,27,36-38H,21-22,25-26,28,41H2,(H2,42,44)(H,43,45)(H,46,47)/t36-,37-,38+/m0/s1. The van der Waals surface area contributed by atoms with Gasteiger partial charge in [-0.1, -0.05) is 133 Å². The van der Waals surface area contributed by atoms with Crippen molar-refractivity contribution < 1.29 is 19.0 Å². The lowest BCUT2D eigenvalue weighted by Gasteiger charge is -2.26. The van der Waals surface area contributed by atoms with Crippen LogP contribution in [0.3, 0.4) is 0 Å². The average Bonchev–Trinajstić information content (AvgIpc) is 3.11. The van der Waals surface area contributed by atoms with Gasteiger partial charge in [-0.15, -0.1) is 0 Å². The fraction of sp³-hybridized carbons (Fsp3) is 0.200. The Bertz CT molecular complexity index is 1780. The number of primary amides is 1. The van der Waals surface area contributed by atoms with Crippen molar-refractivity contribution in [1.29, 1.82) is 0 Å². The van der Waals surface area contributed by atoms with Crippen molar-refractivity contribution in [3.05, 3.63) is 156 Å². The molecule has 0 aromatic heterocycles. The van der Waals surface area contributed by atoms with E-state index in [1.165, 1.54) is 0 Å². The highest BCUT2D eigenvalue weighted by molar-refractivity contribution is 7.58. The molecule has 48 heavy (non-hydrogen) atoms. The largest absolute Gasteiger partial charge is 0.368 e. The van der Waals surface area contributed by atoms with E-state index < -0.39 is 36.9 Å². The molecule has 7 nitrogen and oxygen atoms in total. The highest BCUT2D eigenvalue weighted by atomic mass is 31.2. The molecule has 0 aliphatic rings. The first-order chi connectivity index (χ1) is 23.2. The summed E-state index contributed by atoms with van der Waals surface area (Å²) in [7, 11) is -4.04. The zero-order valence-electron chi connectivity index (χ0n) is 26.8. The number of nitrogens with one attached hydrogen (secondary N) is 1. The molecule has 0 fully saturated rings. The van der Waals surface area contributed by atoms with E-state index in [-0.39, 0.29) is 25.4 Å². The SMILES string of the molecule is NC(=O)[C@H](Cc1ccccc1)NC(=O)[C@@H](Cc1cc(-c2ccccc2)cc(-c2ccccc2)c1)CP(=O)(O)[C@@H](N)CCc1ccccc1. The Morgan fingerprint density at radius 3 is 1.62 bits per heavy atom. The molecule has 0 aliphatic carbocycles. The fourth-order valence-corrected chi connectivity index (χ4v) is 7.63. The number of hydrogen-bond donors (Lipinski definition) is 4. The van der Waals surface area contributed by atoms with Crippen LogP contribution < -0.4 is 16.8 Å². The number of carbonyl (C=O) groups is 2. The minimum Gasteiger partial charge on any atom is -0.368 e. The van der Waals surface area contributed by atoms with Crippen LogP contribution in [0.4, 0.5) is 0 Å². The van der Waals surface area contributed by atoms with Gasteiger partial charge in [0.15, 0.2) is 0 Å². The van der Waals surface area contributed by atoms with E-state index >= 15 is 0 Å². The Labute approximate surface area is 282 Å². The van der Waals surface area contributed by atoms with Crippen LogP contribution in [-0.4, -0.2) is 34.7 Å². The van der Waals surface area contributed by atoms with Crippen molar-refractivity contribution in [1.82, 2.24) is 5.32 Å². The summed E-state index contributed by atoms with van der Waals surface area (Å²) in [5.74, 6) is -3.20. The molecule has 0 aliphatic heterocycles. The molecule has 5 aromatic carbocycles. The van der Waals surface area contributed by atoms with Gasteiger partial charge < -0.3 is 21.7 Å². The number of aryl methyl sites for hydroxylation is 1. The van der Waals surface area contributed by atoms with Crippen molar-refractivity contribution >= 4 is 19.2 Å². The van der Waals surface area contributed by atoms with Gasteiger partial charge in [-0.2, -0.15) is 0 Å². The van der Waals surface area contributed by atoms with Crippen molar-refractivity contribution in [2.24, 2.45) is 17.4 Å². The van der Waals surface area contributed by atoms with Gasteiger partial charge in [-0.25, -0.2) is 0 Å². The summed E-state index contributed by atoms with van der Waals surface area (Å²) in [6, 6.07) is 43.9. The van der Waals surface area contributed by atoms with E-state index in [9.17, 15) is 19.0 Å². The van der Waals surface area contributed by atoms with Crippen LogP contribution in [0.15, 0.2) is 140 Å². The molecule has 4 atom stereocenters. The van der Waals surface area contributed by atoms with Crippen molar-refractivity contribution in [3.8, 4) is 22.3 Å². The van der Waals surface area contributed by atoms with Gasteiger partial charge in [0.2, 0.25) is 19.2 Å². The smallest absolute Gasteiger partial charge is 0.240 e. The van der Waals surface area contributed by atoms with Crippen LogP contribution in [0.25, 0.3) is 22.3 Å². The maximum Gasteiger partial charge on any atom is 0.240 e. The molecule has 0 spiro atoms. The number of hydrogen-bond acceptors (Lipinski definition) is 4. The minimum absolute atomic E-state index is 0.152. The summed E-state index contributed by atoms with van der Waals surface area (Å²) in [5.41, 5.74) is 18.7. The Morgan fingerprint density at radius 1 is 0.646 bits per heavy atom. The van der Waals surface area contributed by atoms with Crippen LogP contribution in [0.1, 0.15) is 23.1 Å². The van der Waals surface area contributed by atoms with Crippen molar-refractivity contribution in [2.45, 2.75) is 37.5 Å². The van der Waals surface area contributed by atoms with Gasteiger partial charge in [0.05, 0.1) is 11.7 Å². The molecule has 0 bridgehead atoms. The lowest BCUT2D eigenvalue weighted by atomic mass is 9.92. The summed E-state index contributed by atoms with van der Waals surface area (Å²) < 4.78 is 13.9. The van der Waals surface area contributed by atoms with E-state index in [4.69, 9.17) is 11.5 Å². The Hall–Kier alpha value is -4.81. The van der Waals surface area contributed by atoms with Crippen LogP contribution in [0.5, 0.6) is 0 Å². The van der Waals surface area contributed by atoms with Crippen LogP contribution in [0.2, 0.25) is 0 Å². The predicted molar refractivity (Wildman–Crippen MR) is 193 cm³/mol. The number of rotatable bonds is 15. The highest BCUT2D eigenvalue weighted by Crippen LogP contribution is 2.48. The molecule has 5 rings (SSSR count). The second-order valence-corrected chi connectivity index (χ2v) is 14.8. The summed E-state index contributed by atoms with van der Waals surface area (Å²) in [4.78, 5) is 37.9. The topological polar surface area (TPSA) is 136 Å². The van der Waals surface area contributed by atoms with Crippen LogP contribution in [-0.2, 0) is 33.4 Å². The Morgan fingerprint density at radius 2 is 1.12 bits per heavy atom. The molecule has 0 heterocycles. The number of nitrogens with two attached hydrogens (primary N) is 2. The third-order valence-electron chi connectivity index (χ3n) is 8.57. The minimum atomic E-state index is -4.04. The zero-order chi connectivity index (χ0) is 33.9. The van der Waals surface area contributed by atoms with Gasteiger partial charge in [-0.3, -0.25) is 14.2 Å². The first-order valence-electron chi connectivity index (χ1n) is 16.2. The molecule has 0 saturated heterocycles. The zero-order valence-corrected chi connectivity index (χ0v) is 27.7. The summed E-state index contributed by atoms with van der Waals surface area (Å²) in [5, 5.41) is 2.81. The van der Waals surface area contributed by atoms with E-state index in [2.05, 4.69) is 11.4 Å². The van der Waals surface area contributed by atoms with Gasteiger partial charge in [0.1, 0.15) is 6.04 Å². The van der Waals surface area contributed by atoms with Crippen LogP contribution >= 0.6 is 7.37 Å². The quantitative estimate of drug-likeness (QED) is 0.0942. The molecule has 1 unspecified atom stereocenters. The molecule has 8 heteroatoms. The highest BCUT2D eigenvalue weighted by Gasteiger charge is 2.35. The normalized spacial score (nSPS) is 14.3. The van der Waals surface area contributed by atoms with Gasteiger partial charge >= 0.3 is 0 Å². The second-order valence-electron chi connectivity index (χ2n) is 12.2. The molecule has 6 N–H and O–H groups in total. The first-order valence-corrected chi connectivity index (χ1v) is 18.1. The molecule has 2 amide bonds. The maximum absolute atomic E-state index is 14.1. The maximum atomic E-state index is 14.1. The number of carbonyl (C=O) groups excluding carboxylic acids is 2. The molecule has 0 radical (unpaired) electrons. The summed E-state index contributed by atoms with van der Waals surface area (Å²) in [6.45, 7) is 0. The van der Waals surface area contributed by atoms with Crippen molar-refractivity contribution in [3.63, 3.8) is 0 Å². The molecule has 246 valence electrons. The Balaban J connectivity index is 1.46. The van der Waals surface area contributed by atoms with Crippen LogP contribution in [0, 0.1) is 5.92 Å². The molecular formula is C40H42N3O4P. The predicted octanol–water partition coefficient (Wildman–Crippen LogP) is 6.58. The van der Waals surface area contributed by atoms with E-state index in [1.807, 2.05) is 133 Å². The molecular weight excluding hydrogens is 617 g/mol. The monoisotopic (exact) mass is 659 g/mol. The third kappa shape index (κ3) is 9.61. The lowest BCUT2D eigenvalue weighted by molar-refractivity contribution is -0.129. The number of amides is 2. The van der Waals surface area contributed by atoms with Gasteiger partial charge in [0, 0.05) is 12.6 Å². The van der Waals surface area contributed by atoms with E-state index in [0.29, 0.717) is 6.42 Å². The van der Waals surface area contributed by atoms with E-state index in [0.717, 1.165) is 38.9 Å². The summed E-state index contributed by atoms with van der Waals surface area (Å²) in [6.07, 6.45) is 0.820. The van der Waals surface area contributed by atoms with E-state index in [1.54, 1.807) is 0 Å². The second kappa shape index (κ2) is 16.3. The fourth-order valence-electron chi connectivity index (χ4n) is 5.90. The molecule has 5 aromatic rings. The average molecular weight is 660 g/mol. The number of benzene rings is 5. The third-order valence-corrected chi connectivity index (χ3v) is 10.8. The van der Waals surface area contributed by atoms with Crippen molar-refractivity contribution in [2.75, 3.05) is 6.16 Å². The van der Waals surface area contributed by atoms with Gasteiger partial charge in [-0.05, 0) is 64.3 Å². The Kier molecular flexibility index (Phi) is 11.8. The van der Waals surface area contributed by atoms with Gasteiger partial charge in [0.25, 0.3) is 0 Å².